The number of imidazole rings is 1. The highest BCUT2D eigenvalue weighted by Gasteiger charge is 2.08. The molecule has 0 bridgehead atoms. The number of nitrogens with zero attached hydrogens (tertiary/aromatic N) is 3. The first-order chi connectivity index (χ1) is 11.8. The average molecular weight is 320 g/mol. The maximum Gasteiger partial charge on any atom is 0.154 e. The number of fused-ring (bicyclic) bond motifs is 1. The molecular formula is C18H16N4O2. The van der Waals surface area contributed by atoms with E-state index in [0.29, 0.717) is 6.54 Å². The van der Waals surface area contributed by atoms with Crippen molar-refractivity contribution in [2.75, 3.05) is 5.32 Å². The second kappa shape index (κ2) is 6.17. The number of furan rings is 1. The van der Waals surface area contributed by atoms with Gasteiger partial charge in [0.2, 0.25) is 0 Å². The normalized spacial score (nSPS) is 11.0. The molecule has 4 aromatic rings. The summed E-state index contributed by atoms with van der Waals surface area (Å²) in [6, 6.07) is 15.3. The number of hydrogen-bond acceptors (Lipinski definition) is 5. The molecule has 6 heteroatoms. The van der Waals surface area contributed by atoms with Crippen molar-refractivity contribution >= 4 is 11.5 Å². The summed E-state index contributed by atoms with van der Waals surface area (Å²) < 4.78 is 7.12. The maximum atomic E-state index is 9.16. The Balaban J connectivity index is 1.64. The Morgan fingerprint density at radius 2 is 1.96 bits per heavy atom. The van der Waals surface area contributed by atoms with E-state index in [9.17, 15) is 0 Å². The Morgan fingerprint density at radius 1 is 1.08 bits per heavy atom. The van der Waals surface area contributed by atoms with Crippen LogP contribution < -0.4 is 5.32 Å². The van der Waals surface area contributed by atoms with Crippen molar-refractivity contribution in [3.8, 4) is 11.3 Å². The first-order valence-corrected chi connectivity index (χ1v) is 7.65. The van der Waals surface area contributed by atoms with E-state index in [1.165, 1.54) is 0 Å². The van der Waals surface area contributed by atoms with Crippen molar-refractivity contribution in [2.45, 2.75) is 13.2 Å². The van der Waals surface area contributed by atoms with E-state index in [4.69, 9.17) is 9.52 Å². The highest BCUT2D eigenvalue weighted by Crippen LogP contribution is 2.21. The molecule has 0 fully saturated rings. The molecule has 0 spiro atoms. The van der Waals surface area contributed by atoms with Crippen LogP contribution in [-0.2, 0) is 13.2 Å². The van der Waals surface area contributed by atoms with Gasteiger partial charge in [-0.2, -0.15) is 0 Å². The molecule has 0 aliphatic carbocycles. The number of hydrogen-bond donors (Lipinski definition) is 2. The standard InChI is InChI=1S/C18H16N4O2/c23-12-13-3-5-14(6-4-13)16-11-20-18-8-7-17(21-22(16)18)19-10-15-2-1-9-24-15/h1-9,11,23H,10,12H2,(H,19,21). The molecular weight excluding hydrogens is 304 g/mol. The number of benzene rings is 1. The lowest BCUT2D eigenvalue weighted by Gasteiger charge is -2.06. The van der Waals surface area contributed by atoms with E-state index >= 15 is 0 Å². The van der Waals surface area contributed by atoms with E-state index in [0.717, 1.165) is 34.0 Å². The van der Waals surface area contributed by atoms with Crippen molar-refractivity contribution in [1.29, 1.82) is 0 Å². The summed E-state index contributed by atoms with van der Waals surface area (Å²) in [4.78, 5) is 4.39. The molecule has 0 amide bonds. The lowest BCUT2D eigenvalue weighted by atomic mass is 10.1. The summed E-state index contributed by atoms with van der Waals surface area (Å²) in [6.07, 6.45) is 3.45. The zero-order valence-corrected chi connectivity index (χ0v) is 12.9. The largest absolute Gasteiger partial charge is 0.467 e. The van der Waals surface area contributed by atoms with E-state index in [1.54, 1.807) is 17.0 Å². The lowest BCUT2D eigenvalue weighted by molar-refractivity contribution is 0.282. The molecule has 6 nitrogen and oxygen atoms in total. The molecule has 0 unspecified atom stereocenters. The fourth-order valence-electron chi connectivity index (χ4n) is 2.54. The fourth-order valence-corrected chi connectivity index (χ4v) is 2.54. The number of rotatable bonds is 5. The van der Waals surface area contributed by atoms with Crippen LogP contribution in [0.2, 0.25) is 0 Å². The third kappa shape index (κ3) is 2.75. The van der Waals surface area contributed by atoms with Gasteiger partial charge in [-0.3, -0.25) is 0 Å². The van der Waals surface area contributed by atoms with Crippen molar-refractivity contribution < 1.29 is 9.52 Å². The minimum Gasteiger partial charge on any atom is -0.467 e. The van der Waals surface area contributed by atoms with E-state index in [2.05, 4.69) is 15.4 Å². The van der Waals surface area contributed by atoms with Gasteiger partial charge in [-0.1, -0.05) is 24.3 Å². The fraction of sp³-hybridized carbons (Fsp3) is 0.111. The SMILES string of the molecule is OCc1ccc(-c2cnc3ccc(NCc4ccco4)nn23)cc1. The Kier molecular flexibility index (Phi) is 3.72. The van der Waals surface area contributed by atoms with Crippen molar-refractivity contribution in [3.05, 3.63) is 72.3 Å². The molecule has 3 heterocycles. The van der Waals surface area contributed by atoms with Gasteiger partial charge in [-0.15, -0.1) is 5.10 Å². The third-order valence-corrected chi connectivity index (χ3v) is 3.82. The van der Waals surface area contributed by atoms with Crippen molar-refractivity contribution in [2.24, 2.45) is 0 Å². The number of nitrogens with one attached hydrogen (secondary N) is 1. The quantitative estimate of drug-likeness (QED) is 0.591. The van der Waals surface area contributed by atoms with Crippen LogP contribution in [0.3, 0.4) is 0 Å². The van der Waals surface area contributed by atoms with Gasteiger partial charge in [0, 0.05) is 5.56 Å². The molecule has 120 valence electrons. The Morgan fingerprint density at radius 3 is 2.71 bits per heavy atom. The topological polar surface area (TPSA) is 75.6 Å². The van der Waals surface area contributed by atoms with Gasteiger partial charge in [-0.25, -0.2) is 9.50 Å². The van der Waals surface area contributed by atoms with Gasteiger partial charge < -0.3 is 14.8 Å². The monoisotopic (exact) mass is 320 g/mol. The Bertz CT molecular complexity index is 943. The zero-order valence-electron chi connectivity index (χ0n) is 12.9. The van der Waals surface area contributed by atoms with Gasteiger partial charge >= 0.3 is 0 Å². The summed E-state index contributed by atoms with van der Waals surface area (Å²) in [5.41, 5.74) is 3.55. The minimum atomic E-state index is 0.0343. The van der Waals surface area contributed by atoms with Crippen LogP contribution in [0.15, 0.2) is 65.4 Å². The third-order valence-electron chi connectivity index (χ3n) is 3.82. The number of aliphatic hydroxyl groups is 1. The molecule has 2 N–H and O–H groups in total. The van der Waals surface area contributed by atoms with Gasteiger partial charge in [0.25, 0.3) is 0 Å². The van der Waals surface area contributed by atoms with Crippen LogP contribution in [0.1, 0.15) is 11.3 Å². The lowest BCUT2D eigenvalue weighted by Crippen LogP contribution is -2.04. The number of aliphatic hydroxyl groups excluding tert-OH is 1. The Hall–Kier alpha value is -3.12. The predicted molar refractivity (Wildman–Crippen MR) is 90.4 cm³/mol. The second-order valence-electron chi connectivity index (χ2n) is 5.42. The molecule has 0 saturated heterocycles. The maximum absolute atomic E-state index is 9.16. The van der Waals surface area contributed by atoms with Crippen molar-refractivity contribution in [3.63, 3.8) is 0 Å². The smallest absolute Gasteiger partial charge is 0.154 e. The van der Waals surface area contributed by atoms with E-state index in [1.807, 2.05) is 48.5 Å². The van der Waals surface area contributed by atoms with Crippen LogP contribution in [0, 0.1) is 0 Å². The molecule has 1 aromatic carbocycles. The van der Waals surface area contributed by atoms with Gasteiger partial charge in [0.15, 0.2) is 5.65 Å². The first-order valence-electron chi connectivity index (χ1n) is 7.65. The van der Waals surface area contributed by atoms with E-state index < -0.39 is 0 Å². The predicted octanol–water partition coefficient (Wildman–Crippen LogP) is 3.09. The summed E-state index contributed by atoms with van der Waals surface area (Å²) in [5.74, 6) is 1.59. The molecule has 0 aliphatic rings. The Labute approximate surface area is 138 Å². The molecule has 0 aliphatic heterocycles. The molecule has 24 heavy (non-hydrogen) atoms. The van der Waals surface area contributed by atoms with E-state index in [-0.39, 0.29) is 6.61 Å². The molecule has 4 rings (SSSR count). The first kappa shape index (κ1) is 14.5. The highest BCUT2D eigenvalue weighted by molar-refractivity contribution is 5.63. The summed E-state index contributed by atoms with van der Waals surface area (Å²) in [5, 5.41) is 17.0. The average Bonchev–Trinajstić information content (AvgIpc) is 3.29. The molecule has 0 radical (unpaired) electrons. The summed E-state index contributed by atoms with van der Waals surface area (Å²) >= 11 is 0. The summed E-state index contributed by atoms with van der Waals surface area (Å²) in [7, 11) is 0. The van der Waals surface area contributed by atoms with Gasteiger partial charge in [-0.05, 0) is 29.8 Å². The molecule has 0 atom stereocenters. The number of aromatic nitrogens is 3. The van der Waals surface area contributed by atoms with Crippen LogP contribution in [0.4, 0.5) is 5.82 Å². The molecule has 3 aromatic heterocycles. The van der Waals surface area contributed by atoms with Crippen LogP contribution in [-0.4, -0.2) is 19.7 Å². The van der Waals surface area contributed by atoms with Crippen LogP contribution in [0.25, 0.3) is 16.9 Å². The summed E-state index contributed by atoms with van der Waals surface area (Å²) in [6.45, 7) is 0.604. The van der Waals surface area contributed by atoms with Gasteiger partial charge in [0.05, 0.1) is 31.3 Å². The van der Waals surface area contributed by atoms with Crippen LogP contribution in [0.5, 0.6) is 0 Å². The number of anilines is 1. The van der Waals surface area contributed by atoms with Gasteiger partial charge in [0.1, 0.15) is 11.6 Å². The highest BCUT2D eigenvalue weighted by atomic mass is 16.3. The molecule has 0 saturated carbocycles. The van der Waals surface area contributed by atoms with Crippen molar-refractivity contribution in [1.82, 2.24) is 14.6 Å². The second-order valence-corrected chi connectivity index (χ2v) is 5.42. The minimum absolute atomic E-state index is 0.0343. The zero-order chi connectivity index (χ0) is 16.4. The van der Waals surface area contributed by atoms with Crippen LogP contribution >= 0.6 is 0 Å².